The van der Waals surface area contributed by atoms with Gasteiger partial charge in [0.05, 0.1) is 5.69 Å². The molecule has 8 heteroatoms. The Morgan fingerprint density at radius 1 is 1.30 bits per heavy atom. The first kappa shape index (κ1) is 14.1. The topological polar surface area (TPSA) is 75.6 Å². The number of likely N-dealkylation sites (N-methyl/N-ethyl adjacent to an activating group) is 1. The fraction of sp³-hybridized carbons (Fsp3) is 0.467. The fourth-order valence-corrected chi connectivity index (χ4v) is 2.91. The van der Waals surface area contributed by atoms with Crippen LogP contribution in [0.25, 0.3) is 5.65 Å². The zero-order valence-electron chi connectivity index (χ0n) is 13.5. The number of aryl methyl sites for hydroxylation is 2. The van der Waals surface area contributed by atoms with Gasteiger partial charge >= 0.3 is 0 Å². The van der Waals surface area contributed by atoms with E-state index in [0.717, 1.165) is 42.6 Å². The highest BCUT2D eigenvalue weighted by Crippen LogP contribution is 2.23. The molecular weight excluding hydrogens is 294 g/mol. The van der Waals surface area contributed by atoms with Gasteiger partial charge < -0.3 is 9.42 Å². The van der Waals surface area contributed by atoms with Crippen molar-refractivity contribution >= 4 is 11.5 Å². The minimum atomic E-state index is 0.502. The molecule has 0 N–H and O–H groups in total. The minimum absolute atomic E-state index is 0.502. The van der Waals surface area contributed by atoms with E-state index in [0.29, 0.717) is 6.04 Å². The summed E-state index contributed by atoms with van der Waals surface area (Å²) in [7, 11) is 2.14. The lowest BCUT2D eigenvalue weighted by Crippen LogP contribution is -2.58. The summed E-state index contributed by atoms with van der Waals surface area (Å²) in [6.45, 7) is 6.73. The van der Waals surface area contributed by atoms with Crippen molar-refractivity contribution in [1.82, 2.24) is 29.9 Å². The Morgan fingerprint density at radius 2 is 2.13 bits per heavy atom. The number of hydrogen-bond acceptors (Lipinski definition) is 7. The maximum Gasteiger partial charge on any atom is 0.177 e. The largest absolute Gasteiger partial charge is 0.361 e. The Balaban J connectivity index is 1.40. The van der Waals surface area contributed by atoms with Gasteiger partial charge in [-0.25, -0.2) is 0 Å². The van der Waals surface area contributed by atoms with Crippen LogP contribution in [0.2, 0.25) is 0 Å². The third-order valence-corrected chi connectivity index (χ3v) is 4.55. The summed E-state index contributed by atoms with van der Waals surface area (Å²) in [6, 6.07) is 4.44. The molecule has 0 radical (unpaired) electrons. The first-order valence-electron chi connectivity index (χ1n) is 7.66. The summed E-state index contributed by atoms with van der Waals surface area (Å²) >= 11 is 0. The quantitative estimate of drug-likeness (QED) is 0.712. The van der Waals surface area contributed by atoms with E-state index in [1.165, 1.54) is 5.56 Å². The highest BCUT2D eigenvalue weighted by molar-refractivity contribution is 5.47. The molecule has 0 amide bonds. The van der Waals surface area contributed by atoms with Gasteiger partial charge in [0.2, 0.25) is 0 Å². The summed E-state index contributed by atoms with van der Waals surface area (Å²) in [4.78, 5) is 4.61. The molecule has 0 aliphatic carbocycles. The van der Waals surface area contributed by atoms with Crippen LogP contribution in [0.3, 0.4) is 0 Å². The number of rotatable bonds is 4. The molecule has 3 aromatic heterocycles. The second-order valence-corrected chi connectivity index (χ2v) is 6.10. The lowest BCUT2D eigenvalue weighted by atomic mass is 10.1. The predicted octanol–water partition coefficient (Wildman–Crippen LogP) is 1.05. The molecule has 8 nitrogen and oxygen atoms in total. The van der Waals surface area contributed by atoms with Crippen molar-refractivity contribution in [3.05, 3.63) is 35.5 Å². The fourth-order valence-electron chi connectivity index (χ4n) is 2.91. The van der Waals surface area contributed by atoms with E-state index in [2.05, 4.69) is 37.3 Å². The standard InChI is InChI=1S/C15H19N7O/c1-10-13(11(2)23-19-10)8-20(3)12-6-21(7-12)15-5-4-14-17-16-9-22(14)18-15/h4-5,9,12H,6-8H2,1-3H3. The molecule has 0 saturated carbocycles. The van der Waals surface area contributed by atoms with Crippen molar-refractivity contribution in [2.24, 2.45) is 0 Å². The van der Waals surface area contributed by atoms with Crippen LogP contribution in [-0.2, 0) is 6.54 Å². The first-order chi connectivity index (χ1) is 11.1. The van der Waals surface area contributed by atoms with Gasteiger partial charge in [-0.2, -0.15) is 4.52 Å². The minimum Gasteiger partial charge on any atom is -0.361 e. The maximum atomic E-state index is 5.24. The van der Waals surface area contributed by atoms with Crippen molar-refractivity contribution in [3.8, 4) is 0 Å². The van der Waals surface area contributed by atoms with Gasteiger partial charge in [0.25, 0.3) is 0 Å². The van der Waals surface area contributed by atoms with E-state index in [1.807, 2.05) is 26.0 Å². The zero-order chi connectivity index (χ0) is 16.0. The van der Waals surface area contributed by atoms with Crippen LogP contribution in [0, 0.1) is 13.8 Å². The van der Waals surface area contributed by atoms with E-state index >= 15 is 0 Å². The van der Waals surface area contributed by atoms with Crippen molar-refractivity contribution in [3.63, 3.8) is 0 Å². The third-order valence-electron chi connectivity index (χ3n) is 4.55. The Morgan fingerprint density at radius 3 is 2.87 bits per heavy atom. The van der Waals surface area contributed by atoms with Gasteiger partial charge in [-0.1, -0.05) is 5.16 Å². The number of anilines is 1. The average Bonchev–Trinajstić information content (AvgIpc) is 3.07. The zero-order valence-corrected chi connectivity index (χ0v) is 13.5. The van der Waals surface area contributed by atoms with E-state index in [4.69, 9.17) is 4.52 Å². The van der Waals surface area contributed by atoms with E-state index < -0.39 is 0 Å². The van der Waals surface area contributed by atoms with Crippen LogP contribution in [0.15, 0.2) is 23.0 Å². The SMILES string of the molecule is Cc1noc(C)c1CN(C)C1CN(c2ccc3nncn3n2)C1. The van der Waals surface area contributed by atoms with Crippen molar-refractivity contribution < 1.29 is 4.52 Å². The number of fused-ring (bicyclic) bond motifs is 1. The number of nitrogens with zero attached hydrogens (tertiary/aromatic N) is 7. The molecule has 1 saturated heterocycles. The molecule has 0 bridgehead atoms. The van der Waals surface area contributed by atoms with Gasteiger partial charge in [-0.3, -0.25) is 4.90 Å². The van der Waals surface area contributed by atoms with Crippen LogP contribution in [0.4, 0.5) is 5.82 Å². The maximum absolute atomic E-state index is 5.24. The van der Waals surface area contributed by atoms with Crippen LogP contribution >= 0.6 is 0 Å². The van der Waals surface area contributed by atoms with Crippen LogP contribution in [0.5, 0.6) is 0 Å². The molecular formula is C15H19N7O. The molecule has 4 rings (SSSR count). The summed E-state index contributed by atoms with van der Waals surface area (Å²) in [5.41, 5.74) is 2.93. The Bertz CT molecular complexity index is 814. The van der Waals surface area contributed by atoms with Gasteiger partial charge in [-0.15, -0.1) is 15.3 Å². The summed E-state index contributed by atoms with van der Waals surface area (Å²) in [5.74, 6) is 1.87. The van der Waals surface area contributed by atoms with Crippen LogP contribution in [0.1, 0.15) is 17.0 Å². The van der Waals surface area contributed by atoms with Crippen LogP contribution < -0.4 is 4.90 Å². The lowest BCUT2D eigenvalue weighted by Gasteiger charge is -2.44. The monoisotopic (exact) mass is 313 g/mol. The molecule has 0 atom stereocenters. The number of hydrogen-bond donors (Lipinski definition) is 0. The Kier molecular flexibility index (Phi) is 3.26. The van der Waals surface area contributed by atoms with Crippen molar-refractivity contribution in [2.45, 2.75) is 26.4 Å². The normalized spacial score (nSPS) is 15.6. The average molecular weight is 313 g/mol. The van der Waals surface area contributed by atoms with Crippen LogP contribution in [-0.4, -0.2) is 56.0 Å². The van der Waals surface area contributed by atoms with Gasteiger partial charge in [-0.05, 0) is 33.0 Å². The molecule has 120 valence electrons. The smallest absolute Gasteiger partial charge is 0.177 e. The number of aromatic nitrogens is 5. The molecule has 4 heterocycles. The predicted molar refractivity (Wildman–Crippen MR) is 84.2 cm³/mol. The summed E-state index contributed by atoms with van der Waals surface area (Å²) < 4.78 is 6.94. The van der Waals surface area contributed by atoms with Gasteiger partial charge in [0.1, 0.15) is 17.9 Å². The van der Waals surface area contributed by atoms with Gasteiger partial charge in [0, 0.05) is 31.2 Å². The Hall–Kier alpha value is -2.48. The molecule has 0 unspecified atom stereocenters. The molecule has 1 fully saturated rings. The highest BCUT2D eigenvalue weighted by atomic mass is 16.5. The third kappa shape index (κ3) is 2.44. The second kappa shape index (κ2) is 5.31. The molecule has 1 aliphatic heterocycles. The molecule has 23 heavy (non-hydrogen) atoms. The molecule has 0 spiro atoms. The summed E-state index contributed by atoms with van der Waals surface area (Å²) in [6.07, 6.45) is 1.62. The van der Waals surface area contributed by atoms with E-state index in [9.17, 15) is 0 Å². The van der Waals surface area contributed by atoms with Crippen molar-refractivity contribution in [1.29, 1.82) is 0 Å². The highest BCUT2D eigenvalue weighted by Gasteiger charge is 2.31. The summed E-state index contributed by atoms with van der Waals surface area (Å²) in [5, 5.41) is 16.4. The Labute approximate surface area is 133 Å². The van der Waals surface area contributed by atoms with E-state index in [-0.39, 0.29) is 0 Å². The van der Waals surface area contributed by atoms with E-state index in [1.54, 1.807) is 10.8 Å². The first-order valence-corrected chi connectivity index (χ1v) is 7.66. The molecule has 1 aliphatic rings. The van der Waals surface area contributed by atoms with Crippen molar-refractivity contribution in [2.75, 3.05) is 25.0 Å². The lowest BCUT2D eigenvalue weighted by molar-refractivity contribution is 0.195. The molecule has 0 aromatic carbocycles. The van der Waals surface area contributed by atoms with Gasteiger partial charge in [0.15, 0.2) is 5.65 Å². The second-order valence-electron chi connectivity index (χ2n) is 6.10. The molecule has 3 aromatic rings.